The Morgan fingerprint density at radius 1 is 1.56 bits per heavy atom. The summed E-state index contributed by atoms with van der Waals surface area (Å²) >= 11 is 0. The van der Waals surface area contributed by atoms with Crippen molar-refractivity contribution in [2.24, 2.45) is 0 Å². The number of hydrogen-bond acceptors (Lipinski definition) is 4. The minimum Gasteiger partial charge on any atom is -0.479 e. The van der Waals surface area contributed by atoms with E-state index in [0.717, 1.165) is 24.3 Å². The second-order valence-electron chi connectivity index (χ2n) is 4.27. The molecule has 0 bridgehead atoms. The summed E-state index contributed by atoms with van der Waals surface area (Å²) in [6, 6.07) is 0. The summed E-state index contributed by atoms with van der Waals surface area (Å²) in [7, 11) is 1.40. The number of carboxylic acids is 1. The molecule has 1 aromatic heterocycles. The molecule has 16 heavy (non-hydrogen) atoms. The molecule has 0 aromatic carbocycles. The SMILES string of the molecule is COC(C(=O)O)C1(c2nc(C)c(C)o2)CC1. The van der Waals surface area contributed by atoms with Crippen molar-refractivity contribution in [1.82, 2.24) is 4.98 Å². The minimum atomic E-state index is -0.964. The molecule has 5 heteroatoms. The average molecular weight is 225 g/mol. The highest BCUT2D eigenvalue weighted by molar-refractivity contribution is 5.75. The maximum atomic E-state index is 11.1. The van der Waals surface area contributed by atoms with Gasteiger partial charge >= 0.3 is 5.97 Å². The zero-order chi connectivity index (χ0) is 11.9. The molecule has 0 aliphatic heterocycles. The summed E-state index contributed by atoms with van der Waals surface area (Å²) in [5.74, 6) is 0.270. The van der Waals surface area contributed by atoms with Crippen LogP contribution in [0.3, 0.4) is 0 Å². The molecule has 1 N–H and O–H groups in total. The van der Waals surface area contributed by atoms with Crippen molar-refractivity contribution >= 4 is 5.97 Å². The van der Waals surface area contributed by atoms with Gasteiger partial charge in [-0.3, -0.25) is 0 Å². The molecule has 1 fully saturated rings. The van der Waals surface area contributed by atoms with Gasteiger partial charge in [-0.25, -0.2) is 9.78 Å². The highest BCUT2D eigenvalue weighted by Gasteiger charge is 2.58. The van der Waals surface area contributed by atoms with Crippen LogP contribution in [0.5, 0.6) is 0 Å². The zero-order valence-electron chi connectivity index (χ0n) is 9.61. The fourth-order valence-corrected chi connectivity index (χ4v) is 1.97. The number of carbonyl (C=O) groups is 1. The molecule has 2 rings (SSSR count). The van der Waals surface area contributed by atoms with Crippen molar-refractivity contribution in [3.8, 4) is 0 Å². The number of aliphatic carboxylic acids is 1. The van der Waals surface area contributed by atoms with Crippen LogP contribution in [-0.2, 0) is 14.9 Å². The van der Waals surface area contributed by atoms with Crippen molar-refractivity contribution < 1.29 is 19.1 Å². The van der Waals surface area contributed by atoms with E-state index in [1.54, 1.807) is 0 Å². The molecular formula is C11H15NO4. The maximum absolute atomic E-state index is 11.1. The second kappa shape index (κ2) is 3.59. The normalized spacial score (nSPS) is 19.4. The predicted octanol–water partition coefficient (Wildman–Crippen LogP) is 1.42. The molecule has 0 amide bonds. The summed E-state index contributed by atoms with van der Waals surface area (Å²) in [4.78, 5) is 15.4. The van der Waals surface area contributed by atoms with Crippen molar-refractivity contribution in [2.45, 2.75) is 38.2 Å². The molecule has 1 aromatic rings. The fraction of sp³-hybridized carbons (Fsp3) is 0.636. The number of aryl methyl sites for hydroxylation is 2. The monoisotopic (exact) mass is 225 g/mol. The number of oxazole rings is 1. The molecule has 1 heterocycles. The minimum absolute atomic E-state index is 0.497. The van der Waals surface area contributed by atoms with Gasteiger partial charge in [0, 0.05) is 7.11 Å². The summed E-state index contributed by atoms with van der Waals surface area (Å²) in [5, 5.41) is 9.09. The number of nitrogens with zero attached hydrogens (tertiary/aromatic N) is 1. The molecule has 1 saturated carbocycles. The number of methoxy groups -OCH3 is 1. The molecule has 88 valence electrons. The molecule has 1 aliphatic rings. The van der Waals surface area contributed by atoms with Crippen molar-refractivity contribution in [2.75, 3.05) is 7.11 Å². The third-order valence-corrected chi connectivity index (χ3v) is 3.21. The van der Waals surface area contributed by atoms with E-state index < -0.39 is 17.5 Å². The number of aromatic nitrogens is 1. The van der Waals surface area contributed by atoms with E-state index in [1.807, 2.05) is 13.8 Å². The van der Waals surface area contributed by atoms with Gasteiger partial charge in [-0.15, -0.1) is 0 Å². The number of hydrogen-bond donors (Lipinski definition) is 1. The molecule has 1 unspecified atom stereocenters. The number of ether oxygens (including phenoxy) is 1. The van der Waals surface area contributed by atoms with Crippen LogP contribution in [0, 0.1) is 13.8 Å². The molecule has 1 atom stereocenters. The summed E-state index contributed by atoms with van der Waals surface area (Å²) < 4.78 is 10.6. The zero-order valence-corrected chi connectivity index (χ0v) is 9.61. The van der Waals surface area contributed by atoms with Crippen LogP contribution in [0.4, 0.5) is 0 Å². The molecule has 0 radical (unpaired) electrons. The van der Waals surface area contributed by atoms with E-state index in [1.165, 1.54) is 7.11 Å². The molecule has 5 nitrogen and oxygen atoms in total. The smallest absolute Gasteiger partial charge is 0.333 e. The Hall–Kier alpha value is -1.36. The maximum Gasteiger partial charge on any atom is 0.333 e. The molecule has 0 spiro atoms. The Morgan fingerprint density at radius 2 is 2.19 bits per heavy atom. The van der Waals surface area contributed by atoms with Gasteiger partial charge in [-0.05, 0) is 26.7 Å². The fourth-order valence-electron chi connectivity index (χ4n) is 1.97. The van der Waals surface area contributed by atoms with E-state index in [0.29, 0.717) is 5.89 Å². The average Bonchev–Trinajstić information content (AvgIpc) is 2.91. The molecule has 1 aliphatic carbocycles. The van der Waals surface area contributed by atoms with Gasteiger partial charge in [-0.1, -0.05) is 0 Å². The van der Waals surface area contributed by atoms with E-state index in [-0.39, 0.29) is 0 Å². The van der Waals surface area contributed by atoms with Crippen LogP contribution < -0.4 is 0 Å². The van der Waals surface area contributed by atoms with Gasteiger partial charge in [0.05, 0.1) is 11.1 Å². The lowest BCUT2D eigenvalue weighted by molar-refractivity contribution is -0.151. The lowest BCUT2D eigenvalue weighted by Crippen LogP contribution is -2.36. The summed E-state index contributed by atoms with van der Waals surface area (Å²) in [6.45, 7) is 3.67. The van der Waals surface area contributed by atoms with Crippen LogP contribution in [0.15, 0.2) is 4.42 Å². The van der Waals surface area contributed by atoms with Crippen molar-refractivity contribution in [3.63, 3.8) is 0 Å². The third-order valence-electron chi connectivity index (χ3n) is 3.21. The van der Waals surface area contributed by atoms with Gasteiger partial charge in [0.25, 0.3) is 0 Å². The first-order valence-corrected chi connectivity index (χ1v) is 5.21. The van der Waals surface area contributed by atoms with Gasteiger partial charge < -0.3 is 14.3 Å². The van der Waals surface area contributed by atoms with E-state index in [9.17, 15) is 4.79 Å². The first kappa shape index (κ1) is 11.1. The van der Waals surface area contributed by atoms with Crippen LogP contribution in [0.2, 0.25) is 0 Å². The summed E-state index contributed by atoms with van der Waals surface area (Å²) in [5.41, 5.74) is 0.251. The predicted molar refractivity (Wildman–Crippen MR) is 55.3 cm³/mol. The Kier molecular flexibility index (Phi) is 2.50. The van der Waals surface area contributed by atoms with Gasteiger partial charge in [0.15, 0.2) is 6.10 Å². The largest absolute Gasteiger partial charge is 0.479 e. The first-order valence-electron chi connectivity index (χ1n) is 5.21. The van der Waals surface area contributed by atoms with Crippen LogP contribution in [0.1, 0.15) is 30.2 Å². The van der Waals surface area contributed by atoms with Gasteiger partial charge in [-0.2, -0.15) is 0 Å². The molecule has 0 saturated heterocycles. The lowest BCUT2D eigenvalue weighted by Gasteiger charge is -2.18. The second-order valence-corrected chi connectivity index (χ2v) is 4.27. The van der Waals surface area contributed by atoms with Crippen LogP contribution >= 0.6 is 0 Å². The Labute approximate surface area is 93.4 Å². The van der Waals surface area contributed by atoms with Crippen molar-refractivity contribution in [1.29, 1.82) is 0 Å². The Balaban J connectivity index is 2.35. The highest BCUT2D eigenvalue weighted by atomic mass is 16.5. The number of rotatable bonds is 4. The van der Waals surface area contributed by atoms with E-state index >= 15 is 0 Å². The quantitative estimate of drug-likeness (QED) is 0.839. The van der Waals surface area contributed by atoms with Crippen LogP contribution in [0.25, 0.3) is 0 Å². The Bertz CT molecular complexity index is 400. The highest BCUT2D eigenvalue weighted by Crippen LogP contribution is 2.51. The first-order chi connectivity index (χ1) is 7.51. The van der Waals surface area contributed by atoms with Crippen molar-refractivity contribution in [3.05, 3.63) is 17.3 Å². The van der Waals surface area contributed by atoms with Gasteiger partial charge in [0.2, 0.25) is 5.89 Å². The van der Waals surface area contributed by atoms with Crippen LogP contribution in [-0.4, -0.2) is 29.3 Å². The number of carboxylic acid groups (broad SMARTS) is 1. The lowest BCUT2D eigenvalue weighted by atomic mass is 9.99. The molecular weight excluding hydrogens is 210 g/mol. The Morgan fingerprint density at radius 3 is 2.50 bits per heavy atom. The summed E-state index contributed by atoms with van der Waals surface area (Å²) in [6.07, 6.45) is 0.624. The standard InChI is InChI=1S/C11H15NO4/c1-6-7(2)16-10(12-6)11(4-5-11)8(15-3)9(13)14/h8H,4-5H2,1-3H3,(H,13,14). The van der Waals surface area contributed by atoms with Gasteiger partial charge in [0.1, 0.15) is 5.76 Å². The van der Waals surface area contributed by atoms with E-state index in [2.05, 4.69) is 4.98 Å². The third kappa shape index (κ3) is 1.51. The topological polar surface area (TPSA) is 72.6 Å². The van der Waals surface area contributed by atoms with E-state index in [4.69, 9.17) is 14.3 Å².